The lowest BCUT2D eigenvalue weighted by molar-refractivity contribution is -0.125. The Balaban J connectivity index is 1.17. The minimum absolute atomic E-state index is 0.0721. The van der Waals surface area contributed by atoms with Gasteiger partial charge < -0.3 is 5.32 Å². The summed E-state index contributed by atoms with van der Waals surface area (Å²) < 4.78 is 0. The molecule has 32 heavy (non-hydrogen) atoms. The molecule has 4 aliphatic rings. The minimum atomic E-state index is -0.401. The van der Waals surface area contributed by atoms with Crippen LogP contribution in [-0.4, -0.2) is 29.1 Å². The first-order chi connectivity index (χ1) is 15.3. The number of nitrogens with one attached hydrogen (secondary N) is 2. The van der Waals surface area contributed by atoms with Crippen LogP contribution in [0.1, 0.15) is 65.3 Å². The zero-order valence-electron chi connectivity index (χ0n) is 18.3. The maximum Gasteiger partial charge on any atom is 0.258 e. The highest BCUT2D eigenvalue weighted by molar-refractivity contribution is 7.17. The zero-order valence-corrected chi connectivity index (χ0v) is 19.9. The molecule has 2 heterocycles. The molecule has 3 atom stereocenters. The van der Waals surface area contributed by atoms with E-state index < -0.39 is 5.92 Å². The van der Waals surface area contributed by atoms with E-state index in [0.717, 1.165) is 18.8 Å². The van der Waals surface area contributed by atoms with Crippen LogP contribution in [0.15, 0.2) is 28.5 Å². The third kappa shape index (κ3) is 3.83. The number of hydrogen-bond acceptors (Lipinski definition) is 6. The van der Waals surface area contributed by atoms with E-state index in [9.17, 15) is 14.4 Å². The minimum Gasteiger partial charge on any atom is -0.356 e. The third-order valence-corrected chi connectivity index (χ3v) is 9.23. The Morgan fingerprint density at radius 2 is 2.12 bits per heavy atom. The van der Waals surface area contributed by atoms with Crippen LogP contribution in [0, 0.1) is 23.2 Å². The molecule has 0 aliphatic heterocycles. The molecule has 1 saturated carbocycles. The fourth-order valence-electron chi connectivity index (χ4n) is 5.36. The summed E-state index contributed by atoms with van der Waals surface area (Å²) in [7, 11) is 0. The molecule has 0 aromatic carbocycles. The van der Waals surface area contributed by atoms with Crippen molar-refractivity contribution in [2.24, 2.45) is 23.2 Å². The highest BCUT2D eigenvalue weighted by Gasteiger charge is 2.50. The smallest absolute Gasteiger partial charge is 0.258 e. The molecule has 0 unspecified atom stereocenters. The van der Waals surface area contributed by atoms with Crippen molar-refractivity contribution in [3.8, 4) is 0 Å². The molecule has 2 amide bonds. The number of rotatable bonds is 6. The van der Waals surface area contributed by atoms with Gasteiger partial charge in [0.1, 0.15) is 0 Å². The number of Topliss-reactive ketones (excluding diaryl/α,β-unsaturated/α-hetero) is 1. The Morgan fingerprint density at radius 3 is 2.84 bits per heavy atom. The van der Waals surface area contributed by atoms with Gasteiger partial charge in [0.25, 0.3) is 5.91 Å². The first kappa shape index (κ1) is 21.5. The molecule has 2 bridgehead atoms. The number of anilines is 1. The van der Waals surface area contributed by atoms with Crippen molar-refractivity contribution in [2.75, 3.05) is 11.9 Å². The maximum atomic E-state index is 12.8. The van der Waals surface area contributed by atoms with Crippen LogP contribution >= 0.6 is 22.7 Å². The molecule has 2 aromatic heterocycles. The Labute approximate surface area is 195 Å². The van der Waals surface area contributed by atoms with Crippen molar-refractivity contribution in [1.82, 2.24) is 10.3 Å². The molecule has 4 aliphatic carbocycles. The SMILES string of the molecule is CC1(C)[C@H]2CC=C(CCNC(=O)[C@H]3CC(=O)c4sc(NC(=O)c5ccsc5)nc4C3)[C@@H]1C2. The molecule has 2 N–H and O–H groups in total. The van der Waals surface area contributed by atoms with Gasteiger partial charge in [0.15, 0.2) is 10.9 Å². The van der Waals surface area contributed by atoms with Gasteiger partial charge in [0.2, 0.25) is 5.91 Å². The first-order valence-corrected chi connectivity index (χ1v) is 12.9. The van der Waals surface area contributed by atoms with Crippen molar-refractivity contribution in [3.63, 3.8) is 0 Å². The second-order valence-electron chi connectivity index (χ2n) is 9.65. The standard InChI is InChI=1S/C24H27N3O3S2/c1-24(2)16-4-3-13(17(24)11-16)5-7-25-21(29)15-9-18-20(19(28)10-15)32-23(26-18)27-22(30)14-6-8-31-12-14/h3,6,8,12,15-17H,4-5,7,9-11H2,1-2H3,(H,25,29)(H,26,27,30)/t15-,16+,17+/m1/s1. The number of hydrogen-bond donors (Lipinski definition) is 2. The number of nitrogens with zero attached hydrogens (tertiary/aromatic N) is 1. The Bertz CT molecular complexity index is 1100. The van der Waals surface area contributed by atoms with Crippen LogP contribution in [-0.2, 0) is 11.2 Å². The van der Waals surface area contributed by atoms with E-state index in [1.54, 1.807) is 11.4 Å². The van der Waals surface area contributed by atoms with Gasteiger partial charge in [-0.3, -0.25) is 19.7 Å². The quantitative estimate of drug-likeness (QED) is 0.600. The van der Waals surface area contributed by atoms with E-state index in [-0.39, 0.29) is 24.0 Å². The highest BCUT2D eigenvalue weighted by Crippen LogP contribution is 2.59. The average Bonchev–Trinajstić information content (AvgIpc) is 3.43. The summed E-state index contributed by atoms with van der Waals surface area (Å²) in [5, 5.41) is 9.83. The molecule has 0 saturated heterocycles. The second-order valence-corrected chi connectivity index (χ2v) is 11.4. The largest absolute Gasteiger partial charge is 0.356 e. The fourth-order valence-corrected chi connectivity index (χ4v) is 6.94. The summed E-state index contributed by atoms with van der Waals surface area (Å²) in [6, 6.07) is 1.74. The van der Waals surface area contributed by atoms with Gasteiger partial charge in [-0.15, -0.1) is 0 Å². The van der Waals surface area contributed by atoms with Crippen molar-refractivity contribution < 1.29 is 14.4 Å². The number of allylic oxidation sites excluding steroid dienone is 1. The Morgan fingerprint density at radius 1 is 1.28 bits per heavy atom. The first-order valence-electron chi connectivity index (χ1n) is 11.2. The van der Waals surface area contributed by atoms with Gasteiger partial charge in [-0.2, -0.15) is 11.3 Å². The van der Waals surface area contributed by atoms with E-state index >= 15 is 0 Å². The van der Waals surface area contributed by atoms with Crippen molar-refractivity contribution in [3.05, 3.63) is 44.6 Å². The summed E-state index contributed by atoms with van der Waals surface area (Å²) in [5.41, 5.74) is 3.05. The number of thiophene rings is 1. The number of thiazole rings is 1. The molecule has 6 nitrogen and oxygen atoms in total. The monoisotopic (exact) mass is 469 g/mol. The number of carbonyl (C=O) groups excluding carboxylic acids is 3. The van der Waals surface area contributed by atoms with Gasteiger partial charge in [-0.05, 0) is 48.0 Å². The molecular weight excluding hydrogens is 442 g/mol. The van der Waals surface area contributed by atoms with Crippen molar-refractivity contribution >= 4 is 45.4 Å². The molecular formula is C24H27N3O3S2. The van der Waals surface area contributed by atoms with Crippen molar-refractivity contribution in [2.45, 2.75) is 46.0 Å². The van der Waals surface area contributed by atoms with E-state index in [1.165, 1.54) is 34.7 Å². The molecule has 1 fully saturated rings. The van der Waals surface area contributed by atoms with Gasteiger partial charge in [-0.1, -0.05) is 36.8 Å². The maximum absolute atomic E-state index is 12.8. The summed E-state index contributed by atoms with van der Waals surface area (Å²) in [5.74, 6) is 0.667. The third-order valence-electron chi connectivity index (χ3n) is 7.49. The van der Waals surface area contributed by atoms with Crippen LogP contribution in [0.3, 0.4) is 0 Å². The number of fused-ring (bicyclic) bond motifs is 2. The topological polar surface area (TPSA) is 88.2 Å². The van der Waals surface area contributed by atoms with Crippen LogP contribution in [0.5, 0.6) is 0 Å². The van der Waals surface area contributed by atoms with Crippen LogP contribution in [0.2, 0.25) is 0 Å². The summed E-state index contributed by atoms with van der Waals surface area (Å²) in [4.78, 5) is 42.7. The predicted octanol–water partition coefficient (Wildman–Crippen LogP) is 4.70. The molecule has 0 spiro atoms. The number of ketones is 1. The second kappa shape index (κ2) is 8.23. The number of aromatic nitrogens is 1. The van der Waals surface area contributed by atoms with E-state index in [4.69, 9.17) is 0 Å². The molecule has 168 valence electrons. The van der Waals surface area contributed by atoms with E-state index in [0.29, 0.717) is 45.6 Å². The Hall–Kier alpha value is -2.32. The number of carbonyl (C=O) groups is 3. The van der Waals surface area contributed by atoms with Gasteiger partial charge >= 0.3 is 0 Å². The highest BCUT2D eigenvalue weighted by atomic mass is 32.1. The van der Waals surface area contributed by atoms with Crippen LogP contribution in [0.25, 0.3) is 0 Å². The zero-order chi connectivity index (χ0) is 22.5. The molecule has 8 heteroatoms. The lowest BCUT2D eigenvalue weighted by atomic mass is 9.48. The predicted molar refractivity (Wildman–Crippen MR) is 126 cm³/mol. The van der Waals surface area contributed by atoms with Crippen molar-refractivity contribution in [1.29, 1.82) is 0 Å². The summed E-state index contributed by atoms with van der Waals surface area (Å²) in [6.07, 6.45) is 6.31. The van der Waals surface area contributed by atoms with Crippen LogP contribution in [0.4, 0.5) is 5.13 Å². The summed E-state index contributed by atoms with van der Waals surface area (Å²) >= 11 is 2.64. The molecule has 2 aromatic rings. The number of amides is 2. The van der Waals surface area contributed by atoms with E-state index in [1.807, 2.05) is 5.38 Å². The fraction of sp³-hybridized carbons (Fsp3) is 0.500. The van der Waals surface area contributed by atoms with E-state index in [2.05, 4.69) is 35.5 Å². The summed E-state index contributed by atoms with van der Waals surface area (Å²) in [6.45, 7) is 5.32. The van der Waals surface area contributed by atoms with Gasteiger partial charge in [0, 0.05) is 24.8 Å². The molecule has 0 radical (unpaired) electrons. The van der Waals surface area contributed by atoms with Gasteiger partial charge in [0.05, 0.1) is 22.1 Å². The lowest BCUT2D eigenvalue weighted by Gasteiger charge is -2.56. The van der Waals surface area contributed by atoms with Crippen LogP contribution < -0.4 is 10.6 Å². The Kier molecular flexibility index (Phi) is 5.53. The lowest BCUT2D eigenvalue weighted by Crippen LogP contribution is -2.48. The molecule has 6 rings (SSSR count). The van der Waals surface area contributed by atoms with Gasteiger partial charge in [-0.25, -0.2) is 4.98 Å². The normalized spacial score (nSPS) is 25.4. The average molecular weight is 470 g/mol.